The quantitative estimate of drug-likeness (QED) is 0.572. The number of esters is 1. The molecule has 78 valence electrons. The summed E-state index contributed by atoms with van der Waals surface area (Å²) in [6, 6.07) is 5.46. The molecule has 0 spiro atoms. The number of nitrogens with zero attached hydrogens (tertiary/aromatic N) is 2. The fourth-order valence-corrected chi connectivity index (χ4v) is 1.79. The Hall–Kier alpha value is -1.54. The third kappa shape index (κ3) is 3.60. The van der Waals surface area contributed by atoms with E-state index in [0.717, 1.165) is 0 Å². The summed E-state index contributed by atoms with van der Waals surface area (Å²) in [5.41, 5.74) is 0.535. The van der Waals surface area contributed by atoms with E-state index >= 15 is 0 Å². The van der Waals surface area contributed by atoms with E-state index in [1.54, 1.807) is 18.3 Å². The van der Waals surface area contributed by atoms with E-state index in [-0.39, 0.29) is 5.97 Å². The van der Waals surface area contributed by atoms with E-state index in [1.165, 1.54) is 18.9 Å². The Labute approximate surface area is 92.3 Å². The van der Waals surface area contributed by atoms with Gasteiger partial charge in [0.1, 0.15) is 11.1 Å². The summed E-state index contributed by atoms with van der Waals surface area (Å²) in [6.45, 7) is 0. The molecule has 0 atom stereocenters. The molecule has 0 amide bonds. The van der Waals surface area contributed by atoms with Crippen LogP contribution in [0.1, 0.15) is 12.0 Å². The van der Waals surface area contributed by atoms with E-state index in [1.807, 2.05) is 6.07 Å². The summed E-state index contributed by atoms with van der Waals surface area (Å²) in [5, 5.41) is 9.43. The zero-order valence-corrected chi connectivity index (χ0v) is 9.08. The summed E-state index contributed by atoms with van der Waals surface area (Å²) in [5.74, 6) is 0.315. The lowest BCUT2D eigenvalue weighted by Crippen LogP contribution is -2.01. The number of pyridine rings is 1. The maximum absolute atomic E-state index is 10.8. The molecule has 1 aromatic heterocycles. The standard InChI is InChI=1S/C10H10N2O2S/c1-14-9(13)4-6-15-10-8(7-11)3-2-5-12-10/h2-3,5H,4,6H2,1H3. The molecule has 1 aromatic rings. The predicted octanol–water partition coefficient (Wildman–Crippen LogP) is 1.61. The van der Waals surface area contributed by atoms with Crippen LogP contribution in [0.4, 0.5) is 0 Å². The number of thioether (sulfide) groups is 1. The molecule has 1 heterocycles. The van der Waals surface area contributed by atoms with E-state index in [2.05, 4.69) is 9.72 Å². The largest absolute Gasteiger partial charge is 0.469 e. The number of nitriles is 1. The minimum Gasteiger partial charge on any atom is -0.469 e. The Morgan fingerprint density at radius 1 is 1.73 bits per heavy atom. The number of rotatable bonds is 4. The molecule has 0 bridgehead atoms. The first kappa shape index (κ1) is 11.5. The van der Waals surface area contributed by atoms with Crippen LogP contribution in [0, 0.1) is 11.3 Å². The third-order valence-electron chi connectivity index (χ3n) is 1.66. The molecular formula is C10H10N2O2S. The normalized spacial score (nSPS) is 9.33. The summed E-state index contributed by atoms with van der Waals surface area (Å²) >= 11 is 1.38. The van der Waals surface area contributed by atoms with Gasteiger partial charge in [0.05, 0.1) is 19.1 Å². The second-order valence-corrected chi connectivity index (χ2v) is 3.73. The van der Waals surface area contributed by atoms with Crippen molar-refractivity contribution in [1.29, 1.82) is 5.26 Å². The van der Waals surface area contributed by atoms with Crippen molar-refractivity contribution in [3.05, 3.63) is 23.9 Å². The zero-order valence-electron chi connectivity index (χ0n) is 8.27. The average molecular weight is 222 g/mol. The first-order chi connectivity index (χ1) is 7.27. The first-order valence-corrected chi connectivity index (χ1v) is 5.31. The monoisotopic (exact) mass is 222 g/mol. The highest BCUT2D eigenvalue weighted by molar-refractivity contribution is 7.99. The molecular weight excluding hydrogens is 212 g/mol. The van der Waals surface area contributed by atoms with Crippen molar-refractivity contribution >= 4 is 17.7 Å². The van der Waals surface area contributed by atoms with E-state index in [0.29, 0.717) is 22.8 Å². The predicted molar refractivity (Wildman–Crippen MR) is 56.3 cm³/mol. The number of hydrogen-bond donors (Lipinski definition) is 0. The molecule has 0 unspecified atom stereocenters. The van der Waals surface area contributed by atoms with Crippen molar-refractivity contribution in [2.45, 2.75) is 11.4 Å². The van der Waals surface area contributed by atoms with Crippen molar-refractivity contribution in [2.24, 2.45) is 0 Å². The van der Waals surface area contributed by atoms with Gasteiger partial charge in [0.15, 0.2) is 0 Å². The minimum atomic E-state index is -0.253. The second-order valence-electron chi connectivity index (χ2n) is 2.64. The van der Waals surface area contributed by atoms with Crippen LogP contribution in [-0.4, -0.2) is 23.8 Å². The van der Waals surface area contributed by atoms with Gasteiger partial charge in [0, 0.05) is 11.9 Å². The summed E-state index contributed by atoms with van der Waals surface area (Å²) in [6.07, 6.45) is 1.95. The molecule has 0 aliphatic carbocycles. The molecule has 0 aliphatic heterocycles. The molecule has 0 N–H and O–H groups in total. The molecule has 0 aromatic carbocycles. The van der Waals surface area contributed by atoms with Crippen molar-refractivity contribution in [3.63, 3.8) is 0 Å². The number of aromatic nitrogens is 1. The van der Waals surface area contributed by atoms with Gasteiger partial charge in [-0.1, -0.05) is 0 Å². The molecule has 0 saturated carbocycles. The van der Waals surface area contributed by atoms with Gasteiger partial charge in [-0.25, -0.2) is 4.98 Å². The number of methoxy groups -OCH3 is 1. The number of hydrogen-bond acceptors (Lipinski definition) is 5. The highest BCUT2D eigenvalue weighted by Gasteiger charge is 2.05. The molecule has 4 nitrogen and oxygen atoms in total. The Bertz CT molecular complexity index is 387. The van der Waals surface area contributed by atoms with Gasteiger partial charge < -0.3 is 4.74 Å². The minimum absolute atomic E-state index is 0.253. The molecule has 0 fully saturated rings. The van der Waals surface area contributed by atoms with Gasteiger partial charge >= 0.3 is 5.97 Å². The summed E-state index contributed by atoms with van der Waals surface area (Å²) < 4.78 is 4.51. The van der Waals surface area contributed by atoms with Crippen LogP contribution < -0.4 is 0 Å². The number of ether oxygens (including phenoxy) is 1. The average Bonchev–Trinajstić information content (AvgIpc) is 2.29. The molecule has 0 saturated heterocycles. The maximum Gasteiger partial charge on any atom is 0.306 e. The highest BCUT2D eigenvalue weighted by Crippen LogP contribution is 2.19. The van der Waals surface area contributed by atoms with Gasteiger partial charge in [-0.2, -0.15) is 5.26 Å². The fraction of sp³-hybridized carbons (Fsp3) is 0.300. The van der Waals surface area contributed by atoms with Crippen LogP contribution in [0.5, 0.6) is 0 Å². The lowest BCUT2D eigenvalue weighted by molar-refractivity contribution is -0.140. The van der Waals surface area contributed by atoms with Crippen molar-refractivity contribution in [3.8, 4) is 6.07 Å². The van der Waals surface area contributed by atoms with Gasteiger partial charge in [-0.15, -0.1) is 11.8 Å². The van der Waals surface area contributed by atoms with Crippen LogP contribution in [0.25, 0.3) is 0 Å². The summed E-state index contributed by atoms with van der Waals surface area (Å²) in [7, 11) is 1.36. The Morgan fingerprint density at radius 2 is 2.53 bits per heavy atom. The Kier molecular flexibility index (Phi) is 4.64. The number of carbonyl (C=O) groups excluding carboxylic acids is 1. The topological polar surface area (TPSA) is 63.0 Å². The van der Waals surface area contributed by atoms with Gasteiger partial charge in [0.25, 0.3) is 0 Å². The fourth-order valence-electron chi connectivity index (χ4n) is 0.924. The molecule has 0 radical (unpaired) electrons. The Balaban J connectivity index is 2.51. The van der Waals surface area contributed by atoms with Crippen molar-refractivity contribution < 1.29 is 9.53 Å². The van der Waals surface area contributed by atoms with Gasteiger partial charge in [-0.3, -0.25) is 4.79 Å². The van der Waals surface area contributed by atoms with Crippen LogP contribution in [0.2, 0.25) is 0 Å². The maximum atomic E-state index is 10.8. The van der Waals surface area contributed by atoms with Gasteiger partial charge in [0.2, 0.25) is 0 Å². The molecule has 1 rings (SSSR count). The zero-order chi connectivity index (χ0) is 11.1. The smallest absolute Gasteiger partial charge is 0.306 e. The van der Waals surface area contributed by atoms with Crippen molar-refractivity contribution in [1.82, 2.24) is 4.98 Å². The van der Waals surface area contributed by atoms with Crippen LogP contribution in [0.15, 0.2) is 23.4 Å². The van der Waals surface area contributed by atoms with Crippen LogP contribution in [-0.2, 0) is 9.53 Å². The van der Waals surface area contributed by atoms with Gasteiger partial charge in [-0.05, 0) is 12.1 Å². The second kappa shape index (κ2) is 6.04. The van der Waals surface area contributed by atoms with Crippen molar-refractivity contribution in [2.75, 3.05) is 12.9 Å². The molecule has 5 heteroatoms. The lowest BCUT2D eigenvalue weighted by atomic mass is 10.3. The lowest BCUT2D eigenvalue weighted by Gasteiger charge is -2.01. The SMILES string of the molecule is COC(=O)CCSc1ncccc1C#N. The van der Waals surface area contributed by atoms with E-state index < -0.39 is 0 Å². The first-order valence-electron chi connectivity index (χ1n) is 4.32. The van der Waals surface area contributed by atoms with E-state index in [9.17, 15) is 4.79 Å². The Morgan fingerprint density at radius 3 is 3.20 bits per heavy atom. The third-order valence-corrected chi connectivity index (χ3v) is 2.67. The number of carbonyl (C=O) groups is 1. The summed E-state index contributed by atoms with van der Waals surface area (Å²) in [4.78, 5) is 14.9. The van der Waals surface area contributed by atoms with E-state index in [4.69, 9.17) is 5.26 Å². The highest BCUT2D eigenvalue weighted by atomic mass is 32.2. The molecule has 15 heavy (non-hydrogen) atoms. The van der Waals surface area contributed by atoms with Crippen LogP contribution in [0.3, 0.4) is 0 Å². The molecule has 0 aliphatic rings. The van der Waals surface area contributed by atoms with Crippen LogP contribution >= 0.6 is 11.8 Å².